The molecule has 0 bridgehead atoms. The molecule has 0 amide bonds. The Labute approximate surface area is 230 Å². The highest BCUT2D eigenvalue weighted by molar-refractivity contribution is 6.30. The lowest BCUT2D eigenvalue weighted by molar-refractivity contribution is -0.274. The van der Waals surface area contributed by atoms with E-state index in [-0.39, 0.29) is 28.4 Å². The zero-order valence-corrected chi connectivity index (χ0v) is 21.5. The van der Waals surface area contributed by atoms with Gasteiger partial charge in [0.2, 0.25) is 0 Å². The van der Waals surface area contributed by atoms with E-state index >= 15 is 0 Å². The number of halogens is 7. The Bertz CT molecular complexity index is 1440. The number of ether oxygens (including phenoxy) is 4. The van der Waals surface area contributed by atoms with Gasteiger partial charge in [-0.2, -0.15) is 13.2 Å². The normalized spacial score (nSPS) is 12.6. The summed E-state index contributed by atoms with van der Waals surface area (Å²) in [7, 11) is 0. The first-order valence-electron chi connectivity index (χ1n) is 11.8. The summed E-state index contributed by atoms with van der Waals surface area (Å²) < 4.78 is 99.4. The summed E-state index contributed by atoms with van der Waals surface area (Å²) in [5.74, 6) is 0.442. The van der Waals surface area contributed by atoms with Crippen molar-refractivity contribution in [1.29, 1.82) is 0 Å². The summed E-state index contributed by atoms with van der Waals surface area (Å²) in [4.78, 5) is 0. The number of alkyl halides is 6. The lowest BCUT2D eigenvalue weighted by atomic mass is 10.0. The quantitative estimate of drug-likeness (QED) is 0.184. The fourth-order valence-electron chi connectivity index (χ4n) is 3.55. The maximum atomic E-state index is 13.1. The van der Waals surface area contributed by atoms with Gasteiger partial charge in [-0.05, 0) is 61.0 Å². The molecule has 0 saturated heterocycles. The molecule has 11 heteroatoms. The minimum absolute atomic E-state index is 0.0335. The molecular weight excluding hydrogens is 562 g/mol. The van der Waals surface area contributed by atoms with Crippen LogP contribution in [-0.2, 0) is 11.3 Å². The summed E-state index contributed by atoms with van der Waals surface area (Å²) >= 11 is 5.93. The molecule has 0 N–H and O–H groups in total. The van der Waals surface area contributed by atoms with Crippen LogP contribution in [0.15, 0.2) is 91.0 Å². The molecule has 0 aliphatic carbocycles. The van der Waals surface area contributed by atoms with E-state index in [1.165, 1.54) is 36.4 Å². The number of hydrogen-bond donors (Lipinski definition) is 0. The van der Waals surface area contributed by atoms with Crippen LogP contribution >= 0.6 is 11.6 Å². The molecule has 0 radical (unpaired) electrons. The highest BCUT2D eigenvalue weighted by Gasteiger charge is 2.37. The smallest absolute Gasteiger partial charge is 0.453 e. The van der Waals surface area contributed by atoms with Crippen molar-refractivity contribution in [3.63, 3.8) is 0 Å². The maximum absolute atomic E-state index is 13.1. The lowest BCUT2D eigenvalue weighted by Gasteiger charge is -2.19. The summed E-state index contributed by atoms with van der Waals surface area (Å²) in [6.07, 6.45) is -11.6. The second-order valence-corrected chi connectivity index (χ2v) is 8.91. The fourth-order valence-corrected chi connectivity index (χ4v) is 3.67. The highest BCUT2D eigenvalue weighted by atomic mass is 35.5. The zero-order chi connectivity index (χ0) is 28.9. The second-order valence-electron chi connectivity index (χ2n) is 8.47. The Morgan fingerprint density at radius 1 is 0.675 bits per heavy atom. The molecule has 0 aliphatic rings. The van der Waals surface area contributed by atoms with E-state index in [1.807, 2.05) is 0 Å². The van der Waals surface area contributed by atoms with E-state index in [0.717, 1.165) is 13.0 Å². The van der Waals surface area contributed by atoms with Crippen LogP contribution in [0.1, 0.15) is 12.5 Å². The molecule has 0 spiro atoms. The van der Waals surface area contributed by atoms with Crippen molar-refractivity contribution in [3.8, 4) is 39.9 Å². The van der Waals surface area contributed by atoms with Crippen molar-refractivity contribution in [2.24, 2.45) is 0 Å². The molecule has 1 atom stereocenters. The van der Waals surface area contributed by atoms with Gasteiger partial charge >= 0.3 is 12.5 Å². The van der Waals surface area contributed by atoms with Crippen LogP contribution < -0.4 is 14.2 Å². The van der Waals surface area contributed by atoms with Crippen molar-refractivity contribution < 1.29 is 45.3 Å². The van der Waals surface area contributed by atoms with Gasteiger partial charge < -0.3 is 18.9 Å². The Kier molecular flexibility index (Phi) is 8.80. The third-order valence-corrected chi connectivity index (χ3v) is 5.77. The lowest BCUT2D eigenvalue weighted by Crippen LogP contribution is -2.28. The molecule has 40 heavy (non-hydrogen) atoms. The Morgan fingerprint density at radius 2 is 1.25 bits per heavy atom. The minimum Gasteiger partial charge on any atom is -0.453 e. The van der Waals surface area contributed by atoms with Crippen molar-refractivity contribution in [3.05, 3.63) is 102 Å². The topological polar surface area (TPSA) is 36.9 Å². The first-order chi connectivity index (χ1) is 18.9. The van der Waals surface area contributed by atoms with Crippen molar-refractivity contribution in [2.75, 3.05) is 0 Å². The Morgan fingerprint density at radius 3 is 1.88 bits per heavy atom. The van der Waals surface area contributed by atoms with Gasteiger partial charge in [0.25, 0.3) is 0 Å². The molecule has 0 heterocycles. The van der Waals surface area contributed by atoms with Gasteiger partial charge in [-0.3, -0.25) is 0 Å². The molecule has 1 unspecified atom stereocenters. The predicted molar refractivity (Wildman–Crippen MR) is 137 cm³/mol. The molecule has 4 rings (SSSR count). The van der Waals surface area contributed by atoms with Gasteiger partial charge in [0.1, 0.15) is 17.2 Å². The average Bonchev–Trinajstić information content (AvgIpc) is 2.89. The van der Waals surface area contributed by atoms with Gasteiger partial charge in [0.05, 0.1) is 6.61 Å². The van der Waals surface area contributed by atoms with Crippen LogP contribution in [0.3, 0.4) is 0 Å². The third kappa shape index (κ3) is 7.83. The van der Waals surface area contributed by atoms with Crippen molar-refractivity contribution >= 4 is 11.6 Å². The monoisotopic (exact) mass is 582 g/mol. The van der Waals surface area contributed by atoms with Crippen LogP contribution in [0.5, 0.6) is 28.7 Å². The van der Waals surface area contributed by atoms with Crippen LogP contribution in [0.4, 0.5) is 26.3 Å². The van der Waals surface area contributed by atoms with Crippen LogP contribution in [0.25, 0.3) is 11.1 Å². The average molecular weight is 583 g/mol. The van der Waals surface area contributed by atoms with Crippen LogP contribution in [0.2, 0.25) is 5.02 Å². The van der Waals surface area contributed by atoms with Gasteiger partial charge in [-0.1, -0.05) is 54.1 Å². The van der Waals surface area contributed by atoms with Gasteiger partial charge in [0.15, 0.2) is 17.6 Å². The molecule has 0 aliphatic heterocycles. The van der Waals surface area contributed by atoms with Crippen LogP contribution in [0, 0.1) is 0 Å². The first-order valence-corrected chi connectivity index (χ1v) is 12.1. The predicted octanol–water partition coefficient (Wildman–Crippen LogP) is 9.96. The van der Waals surface area contributed by atoms with Gasteiger partial charge in [0, 0.05) is 16.1 Å². The summed E-state index contributed by atoms with van der Waals surface area (Å²) in [6.45, 7) is 0.446. The van der Waals surface area contributed by atoms with Crippen molar-refractivity contribution in [2.45, 2.75) is 32.2 Å². The third-order valence-electron chi connectivity index (χ3n) is 5.52. The van der Waals surface area contributed by atoms with E-state index in [1.54, 1.807) is 48.5 Å². The van der Waals surface area contributed by atoms with E-state index in [4.69, 9.17) is 25.8 Å². The summed E-state index contributed by atoms with van der Waals surface area (Å²) in [6, 6.07) is 22.7. The number of rotatable bonds is 9. The standard InChI is InChI=1S/C29H21ClF6O4/c1-18(28(31,32)33)37-17-19-10-15-23(22-6-2-3-7-24(22)40-29(34,35)36)27(16-19)39-26-9-5-4-8-25(26)38-21-13-11-20(30)12-14-21/h2-16,18H,17H2,1H3. The zero-order valence-electron chi connectivity index (χ0n) is 20.7. The van der Waals surface area contributed by atoms with Gasteiger partial charge in [-0.15, -0.1) is 13.2 Å². The molecule has 4 nitrogen and oxygen atoms in total. The molecular formula is C29H21ClF6O4. The van der Waals surface area contributed by atoms with E-state index in [9.17, 15) is 26.3 Å². The summed E-state index contributed by atoms with van der Waals surface area (Å²) in [5.41, 5.74) is 0.524. The maximum Gasteiger partial charge on any atom is 0.573 e. The summed E-state index contributed by atoms with van der Waals surface area (Å²) in [5, 5.41) is 0.500. The SMILES string of the molecule is CC(OCc1ccc(-c2ccccc2OC(F)(F)F)c(Oc2ccccc2Oc2ccc(Cl)cc2)c1)C(F)(F)F. The largest absolute Gasteiger partial charge is 0.573 e. The highest BCUT2D eigenvalue weighted by Crippen LogP contribution is 2.43. The minimum atomic E-state index is -4.96. The Balaban J connectivity index is 1.74. The molecule has 0 saturated carbocycles. The number of benzene rings is 4. The fraction of sp³-hybridized carbons (Fsp3) is 0.172. The molecule has 210 valence electrons. The molecule has 4 aromatic rings. The second kappa shape index (κ2) is 12.1. The molecule has 0 aromatic heterocycles. The van der Waals surface area contributed by atoms with E-state index in [0.29, 0.717) is 16.3 Å². The molecule has 0 fully saturated rings. The van der Waals surface area contributed by atoms with Crippen LogP contribution in [-0.4, -0.2) is 18.6 Å². The number of para-hydroxylation sites is 3. The number of hydrogen-bond acceptors (Lipinski definition) is 4. The molecule has 4 aromatic carbocycles. The van der Waals surface area contributed by atoms with Gasteiger partial charge in [-0.25, -0.2) is 0 Å². The Hall–Kier alpha value is -3.89. The first kappa shape index (κ1) is 29.1. The van der Waals surface area contributed by atoms with Crippen molar-refractivity contribution in [1.82, 2.24) is 0 Å². The van der Waals surface area contributed by atoms with E-state index < -0.39 is 31.0 Å². The van der Waals surface area contributed by atoms with E-state index in [2.05, 4.69) is 4.74 Å².